The summed E-state index contributed by atoms with van der Waals surface area (Å²) in [6, 6.07) is 0. The molecule has 2 unspecified atom stereocenters. The Balaban J connectivity index is 2.09. The summed E-state index contributed by atoms with van der Waals surface area (Å²) in [5, 5.41) is 0. The molecule has 0 radical (unpaired) electrons. The lowest BCUT2D eigenvalue weighted by molar-refractivity contribution is 0.881. The van der Waals surface area contributed by atoms with Gasteiger partial charge in [-0.3, -0.25) is 0 Å². The van der Waals surface area contributed by atoms with E-state index in [0.29, 0.717) is 0 Å². The first-order valence-corrected chi connectivity index (χ1v) is 4.23. The van der Waals surface area contributed by atoms with Crippen LogP contribution >= 0.6 is 0 Å². The lowest BCUT2D eigenvalue weighted by Crippen LogP contribution is -1.76. The van der Waals surface area contributed by atoms with Gasteiger partial charge in [0.1, 0.15) is 0 Å². The van der Waals surface area contributed by atoms with Gasteiger partial charge in [-0.2, -0.15) is 0 Å². The predicted octanol–water partition coefficient (Wildman–Crippen LogP) is 2.77. The fraction of sp³-hybridized carbons (Fsp3) is 0.600. The Morgan fingerprint density at radius 1 is 1.00 bits per heavy atom. The van der Waals surface area contributed by atoms with Crippen molar-refractivity contribution < 1.29 is 0 Å². The standard InChI is InChI=1S/C10H14/c1-8-9-6-4-2-3-5-7-10(8)9/h4-10H,2-3H2,1H3/b6-4-,7-5-/t8?,9-,10?/m0/s1. The molecule has 2 aliphatic carbocycles. The molecule has 0 aromatic rings. The van der Waals surface area contributed by atoms with Gasteiger partial charge in [0, 0.05) is 0 Å². The van der Waals surface area contributed by atoms with Crippen LogP contribution in [0.3, 0.4) is 0 Å². The number of hydrogen-bond acceptors (Lipinski definition) is 0. The molecule has 3 atom stereocenters. The molecule has 0 spiro atoms. The molecule has 1 fully saturated rings. The van der Waals surface area contributed by atoms with Crippen LogP contribution in [0.5, 0.6) is 0 Å². The average molecular weight is 134 g/mol. The summed E-state index contributed by atoms with van der Waals surface area (Å²) in [4.78, 5) is 0. The van der Waals surface area contributed by atoms with Gasteiger partial charge < -0.3 is 0 Å². The van der Waals surface area contributed by atoms with Gasteiger partial charge in [0.15, 0.2) is 0 Å². The third-order valence-electron chi connectivity index (χ3n) is 2.73. The van der Waals surface area contributed by atoms with Crippen molar-refractivity contribution in [3.63, 3.8) is 0 Å². The van der Waals surface area contributed by atoms with Crippen LogP contribution in [-0.4, -0.2) is 0 Å². The zero-order chi connectivity index (χ0) is 6.97. The van der Waals surface area contributed by atoms with E-state index in [1.165, 1.54) is 12.8 Å². The predicted molar refractivity (Wildman–Crippen MR) is 43.7 cm³/mol. The van der Waals surface area contributed by atoms with E-state index in [-0.39, 0.29) is 0 Å². The first-order chi connectivity index (χ1) is 4.89. The van der Waals surface area contributed by atoms with E-state index in [9.17, 15) is 0 Å². The fourth-order valence-corrected chi connectivity index (χ4v) is 1.83. The maximum atomic E-state index is 2.40. The molecule has 0 aliphatic heterocycles. The Labute approximate surface area is 62.6 Å². The number of rotatable bonds is 0. The molecule has 0 nitrogen and oxygen atoms in total. The minimum atomic E-state index is 0.886. The van der Waals surface area contributed by atoms with Gasteiger partial charge in [-0.25, -0.2) is 0 Å². The smallest absolute Gasteiger partial charge is 0.0136 e. The monoisotopic (exact) mass is 134 g/mol. The molecule has 0 bridgehead atoms. The van der Waals surface area contributed by atoms with Crippen molar-refractivity contribution in [1.82, 2.24) is 0 Å². The minimum absolute atomic E-state index is 0.886. The highest BCUT2D eigenvalue weighted by Gasteiger charge is 2.42. The Morgan fingerprint density at radius 2 is 1.50 bits per heavy atom. The second-order valence-corrected chi connectivity index (χ2v) is 3.45. The van der Waals surface area contributed by atoms with E-state index in [1.807, 2.05) is 0 Å². The molecule has 0 heterocycles. The molecule has 2 rings (SSSR count). The molecule has 0 amide bonds. The summed E-state index contributed by atoms with van der Waals surface area (Å²) < 4.78 is 0. The molecule has 0 saturated heterocycles. The molecule has 0 heteroatoms. The van der Waals surface area contributed by atoms with Crippen LogP contribution in [0.4, 0.5) is 0 Å². The van der Waals surface area contributed by atoms with Crippen LogP contribution in [0.15, 0.2) is 24.3 Å². The Hall–Kier alpha value is -0.520. The Bertz CT molecular complexity index is 156. The van der Waals surface area contributed by atoms with Crippen LogP contribution in [-0.2, 0) is 0 Å². The summed E-state index contributed by atoms with van der Waals surface area (Å²) in [5.41, 5.74) is 0. The number of fused-ring (bicyclic) bond motifs is 1. The zero-order valence-electron chi connectivity index (χ0n) is 6.46. The van der Waals surface area contributed by atoms with Gasteiger partial charge >= 0.3 is 0 Å². The maximum absolute atomic E-state index is 2.40. The third kappa shape index (κ3) is 0.920. The highest BCUT2D eigenvalue weighted by atomic mass is 14.5. The quantitative estimate of drug-likeness (QED) is 0.447. The van der Waals surface area contributed by atoms with Crippen molar-refractivity contribution in [2.45, 2.75) is 19.8 Å². The minimum Gasteiger partial charge on any atom is -0.0879 e. The molecule has 2 aliphatic rings. The van der Waals surface area contributed by atoms with E-state index in [0.717, 1.165) is 17.8 Å². The highest BCUT2D eigenvalue weighted by molar-refractivity contribution is 5.16. The largest absolute Gasteiger partial charge is 0.0879 e. The summed E-state index contributed by atoms with van der Waals surface area (Å²) in [7, 11) is 0. The third-order valence-corrected chi connectivity index (χ3v) is 2.73. The molecule has 1 saturated carbocycles. The second kappa shape index (κ2) is 2.26. The topological polar surface area (TPSA) is 0 Å². The van der Waals surface area contributed by atoms with Gasteiger partial charge in [0.25, 0.3) is 0 Å². The molecular weight excluding hydrogens is 120 g/mol. The maximum Gasteiger partial charge on any atom is -0.0136 e. The molecule has 0 N–H and O–H groups in total. The van der Waals surface area contributed by atoms with Gasteiger partial charge in [0.2, 0.25) is 0 Å². The van der Waals surface area contributed by atoms with Crippen molar-refractivity contribution in [1.29, 1.82) is 0 Å². The lowest BCUT2D eigenvalue weighted by Gasteiger charge is -1.91. The van der Waals surface area contributed by atoms with Crippen molar-refractivity contribution >= 4 is 0 Å². The molecule has 10 heavy (non-hydrogen) atoms. The van der Waals surface area contributed by atoms with E-state index >= 15 is 0 Å². The van der Waals surface area contributed by atoms with Crippen LogP contribution < -0.4 is 0 Å². The summed E-state index contributed by atoms with van der Waals surface area (Å²) in [6.07, 6.45) is 12.0. The normalized spacial score (nSPS) is 50.3. The summed E-state index contributed by atoms with van der Waals surface area (Å²) in [5.74, 6) is 2.69. The zero-order valence-corrected chi connectivity index (χ0v) is 6.46. The first-order valence-electron chi connectivity index (χ1n) is 4.23. The van der Waals surface area contributed by atoms with Gasteiger partial charge in [-0.05, 0) is 30.6 Å². The Kier molecular flexibility index (Phi) is 1.40. The Morgan fingerprint density at radius 3 is 2.00 bits per heavy atom. The lowest BCUT2D eigenvalue weighted by atomic mass is 10.1. The highest BCUT2D eigenvalue weighted by Crippen LogP contribution is 2.48. The van der Waals surface area contributed by atoms with Gasteiger partial charge in [-0.1, -0.05) is 31.2 Å². The summed E-state index contributed by atoms with van der Waals surface area (Å²) in [6.45, 7) is 2.34. The fourth-order valence-electron chi connectivity index (χ4n) is 1.83. The molecule has 0 aromatic carbocycles. The van der Waals surface area contributed by atoms with Crippen LogP contribution in [0, 0.1) is 17.8 Å². The van der Waals surface area contributed by atoms with E-state index in [4.69, 9.17) is 0 Å². The SMILES string of the molecule is CC1C2/C=C\CC/C=C\[C@@H]12. The number of hydrogen-bond donors (Lipinski definition) is 0. The van der Waals surface area contributed by atoms with Crippen LogP contribution in [0.1, 0.15) is 19.8 Å². The van der Waals surface area contributed by atoms with E-state index in [1.54, 1.807) is 0 Å². The van der Waals surface area contributed by atoms with Crippen molar-refractivity contribution in [2.75, 3.05) is 0 Å². The molecule has 0 aromatic heterocycles. The van der Waals surface area contributed by atoms with Gasteiger partial charge in [0.05, 0.1) is 0 Å². The second-order valence-electron chi connectivity index (χ2n) is 3.45. The number of allylic oxidation sites excluding steroid dienone is 4. The van der Waals surface area contributed by atoms with Gasteiger partial charge in [-0.15, -0.1) is 0 Å². The average Bonchev–Trinajstić information content (AvgIpc) is 2.39. The van der Waals surface area contributed by atoms with Crippen molar-refractivity contribution in [3.05, 3.63) is 24.3 Å². The molecule has 54 valence electrons. The van der Waals surface area contributed by atoms with Crippen molar-refractivity contribution in [3.8, 4) is 0 Å². The van der Waals surface area contributed by atoms with Crippen molar-refractivity contribution in [2.24, 2.45) is 17.8 Å². The molecular formula is C10H14. The van der Waals surface area contributed by atoms with E-state index in [2.05, 4.69) is 31.2 Å². The summed E-state index contributed by atoms with van der Waals surface area (Å²) >= 11 is 0. The first kappa shape index (κ1) is 6.21. The van der Waals surface area contributed by atoms with E-state index < -0.39 is 0 Å². The van der Waals surface area contributed by atoms with Crippen LogP contribution in [0.25, 0.3) is 0 Å². The van der Waals surface area contributed by atoms with Crippen LogP contribution in [0.2, 0.25) is 0 Å².